The zero-order chi connectivity index (χ0) is 42.1. The van der Waals surface area contributed by atoms with E-state index in [1.807, 2.05) is 0 Å². The Morgan fingerprint density at radius 3 is 1.12 bits per heavy atom. The maximum Gasteiger partial charge on any atom is 0.306 e. The highest BCUT2D eigenvalue weighted by Gasteiger charge is 2.16. The molecule has 0 bridgehead atoms. The van der Waals surface area contributed by atoms with E-state index < -0.39 is 6.10 Å². The van der Waals surface area contributed by atoms with Crippen molar-refractivity contribution in [3.63, 3.8) is 0 Å². The second-order valence-electron chi connectivity index (χ2n) is 15.1. The van der Waals surface area contributed by atoms with Crippen LogP contribution >= 0.6 is 0 Å². The zero-order valence-electron chi connectivity index (χ0n) is 37.3. The normalized spacial score (nSPS) is 13.2. The summed E-state index contributed by atoms with van der Waals surface area (Å²) in [4.78, 5) is 24.3. The third-order valence-corrected chi connectivity index (χ3v) is 9.58. The lowest BCUT2D eigenvalue weighted by molar-refractivity contribution is -0.161. The van der Waals surface area contributed by atoms with Crippen molar-refractivity contribution in [3.05, 3.63) is 109 Å². The minimum Gasteiger partial charge on any atom is -0.462 e. The lowest BCUT2D eigenvalue weighted by Gasteiger charge is -2.15. The minimum atomic E-state index is -0.786. The topological polar surface area (TPSA) is 72.8 Å². The molecule has 0 rings (SSSR count). The van der Waals surface area contributed by atoms with Crippen LogP contribution in [-0.2, 0) is 19.1 Å². The van der Waals surface area contributed by atoms with Gasteiger partial charge < -0.3 is 14.6 Å². The van der Waals surface area contributed by atoms with Crippen molar-refractivity contribution in [2.45, 2.75) is 200 Å². The summed E-state index contributed by atoms with van der Waals surface area (Å²) in [6.45, 7) is 3.99. The molecule has 0 aliphatic rings. The third kappa shape index (κ3) is 45.3. The van der Waals surface area contributed by atoms with Crippen LogP contribution < -0.4 is 0 Å². The Morgan fingerprint density at radius 2 is 0.741 bits per heavy atom. The Bertz CT molecular complexity index is 1180. The van der Waals surface area contributed by atoms with Crippen molar-refractivity contribution >= 4 is 11.9 Å². The summed E-state index contributed by atoms with van der Waals surface area (Å²) in [5.74, 6) is -0.620. The van der Waals surface area contributed by atoms with Gasteiger partial charge in [0.1, 0.15) is 6.61 Å². The van der Waals surface area contributed by atoms with Crippen molar-refractivity contribution in [2.75, 3.05) is 13.2 Å². The molecule has 0 heterocycles. The van der Waals surface area contributed by atoms with Crippen molar-refractivity contribution < 1.29 is 24.2 Å². The molecule has 0 fully saturated rings. The third-order valence-electron chi connectivity index (χ3n) is 9.58. The summed E-state index contributed by atoms with van der Waals surface area (Å²) >= 11 is 0. The zero-order valence-corrected chi connectivity index (χ0v) is 37.3. The lowest BCUT2D eigenvalue weighted by atomic mass is 10.1. The average Bonchev–Trinajstić information content (AvgIpc) is 3.23. The van der Waals surface area contributed by atoms with Crippen LogP contribution in [0.2, 0.25) is 0 Å². The number of unbranched alkanes of at least 4 members (excludes halogenated alkanes) is 15. The first kappa shape index (κ1) is 54.6. The van der Waals surface area contributed by atoms with E-state index in [1.54, 1.807) is 0 Å². The Hall–Kier alpha value is -3.44. The quantitative estimate of drug-likeness (QED) is 0.0379. The highest BCUT2D eigenvalue weighted by atomic mass is 16.6. The molecule has 0 aromatic rings. The molecule has 0 aliphatic heterocycles. The van der Waals surface area contributed by atoms with Gasteiger partial charge in [0.25, 0.3) is 0 Å². The molecule has 0 aromatic heterocycles. The highest BCUT2D eigenvalue weighted by molar-refractivity contribution is 5.70. The van der Waals surface area contributed by atoms with Gasteiger partial charge >= 0.3 is 11.9 Å². The minimum absolute atomic E-state index is 0.0782. The number of ether oxygens (including phenoxy) is 2. The van der Waals surface area contributed by atoms with E-state index in [0.29, 0.717) is 12.8 Å². The largest absolute Gasteiger partial charge is 0.462 e. The molecule has 1 N–H and O–H groups in total. The molecule has 0 saturated carbocycles. The molecule has 0 spiro atoms. The number of aliphatic hydroxyl groups excluding tert-OH is 1. The first-order chi connectivity index (χ1) is 28.6. The fourth-order valence-electron chi connectivity index (χ4n) is 6.07. The summed E-state index contributed by atoms with van der Waals surface area (Å²) in [7, 11) is 0. The van der Waals surface area contributed by atoms with Crippen LogP contribution in [0.5, 0.6) is 0 Å². The Labute approximate surface area is 357 Å². The molecule has 1 unspecified atom stereocenters. The molecular formula is C53H86O5. The van der Waals surface area contributed by atoms with Gasteiger partial charge in [0.05, 0.1) is 6.61 Å². The highest BCUT2D eigenvalue weighted by Crippen LogP contribution is 2.13. The van der Waals surface area contributed by atoms with Crippen LogP contribution in [0.25, 0.3) is 0 Å². The van der Waals surface area contributed by atoms with E-state index in [2.05, 4.69) is 123 Å². The van der Waals surface area contributed by atoms with Crippen LogP contribution in [0.15, 0.2) is 109 Å². The standard InChI is InChI=1S/C53H86O5/c1-3-5-7-9-11-13-15-16-17-18-19-20-21-22-23-24-25-26-27-28-29-30-31-32-33-34-35-36-38-40-42-44-46-48-53(56)58-51(49-54)50-57-52(55)47-45-43-41-39-37-14-12-10-8-6-4-2/h5,7,11,13,16-17,19-20,22-23,25-26,28-29,31-32,34-35,51,54H,3-4,6,8-10,12,14-15,18,21,24,27,30,33,36-50H2,1-2H3/b7-5-,13-11-,17-16-,20-19-,23-22-,26-25-,29-28-,32-31-,35-34-. The average molecular weight is 803 g/mol. The summed E-state index contributed by atoms with van der Waals surface area (Å²) < 4.78 is 10.6. The molecule has 328 valence electrons. The number of carbonyl (C=O) groups excluding carboxylic acids is 2. The second kappa shape index (κ2) is 47.9. The first-order valence-electron chi connectivity index (χ1n) is 23.4. The maximum atomic E-state index is 12.2. The van der Waals surface area contributed by atoms with Crippen LogP contribution in [0.3, 0.4) is 0 Å². The van der Waals surface area contributed by atoms with Crippen LogP contribution in [-0.4, -0.2) is 36.4 Å². The predicted molar refractivity (Wildman–Crippen MR) is 251 cm³/mol. The molecular weight excluding hydrogens is 717 g/mol. The van der Waals surface area contributed by atoms with E-state index in [9.17, 15) is 14.7 Å². The molecule has 0 amide bonds. The fourth-order valence-corrected chi connectivity index (χ4v) is 6.07. The van der Waals surface area contributed by atoms with Gasteiger partial charge in [-0.1, -0.05) is 207 Å². The van der Waals surface area contributed by atoms with Gasteiger partial charge in [-0.25, -0.2) is 0 Å². The Balaban J connectivity index is 3.65. The van der Waals surface area contributed by atoms with Crippen LogP contribution in [0, 0.1) is 0 Å². The molecule has 5 heteroatoms. The smallest absolute Gasteiger partial charge is 0.306 e. The predicted octanol–water partition coefficient (Wildman–Crippen LogP) is 15.4. The first-order valence-corrected chi connectivity index (χ1v) is 23.4. The van der Waals surface area contributed by atoms with Crippen molar-refractivity contribution in [1.82, 2.24) is 0 Å². The molecule has 0 radical (unpaired) electrons. The van der Waals surface area contributed by atoms with E-state index in [0.717, 1.165) is 116 Å². The second-order valence-corrected chi connectivity index (χ2v) is 15.1. The number of hydrogen-bond donors (Lipinski definition) is 1. The molecule has 5 nitrogen and oxygen atoms in total. The molecule has 0 saturated heterocycles. The van der Waals surface area contributed by atoms with Gasteiger partial charge in [0.15, 0.2) is 6.10 Å². The van der Waals surface area contributed by atoms with Crippen molar-refractivity contribution in [2.24, 2.45) is 0 Å². The lowest BCUT2D eigenvalue weighted by Crippen LogP contribution is -2.28. The number of rotatable bonds is 41. The number of hydrogen-bond acceptors (Lipinski definition) is 5. The van der Waals surface area contributed by atoms with Gasteiger partial charge in [0.2, 0.25) is 0 Å². The summed E-state index contributed by atoms with van der Waals surface area (Å²) in [6.07, 6.45) is 68.8. The van der Waals surface area contributed by atoms with Crippen LogP contribution in [0.4, 0.5) is 0 Å². The fraction of sp³-hybridized carbons (Fsp3) is 0.623. The van der Waals surface area contributed by atoms with Crippen LogP contribution in [0.1, 0.15) is 194 Å². The molecule has 58 heavy (non-hydrogen) atoms. The molecule has 0 aliphatic carbocycles. The van der Waals surface area contributed by atoms with E-state index in [4.69, 9.17) is 9.47 Å². The van der Waals surface area contributed by atoms with Gasteiger partial charge in [-0.05, 0) is 83.5 Å². The van der Waals surface area contributed by atoms with Gasteiger partial charge in [-0.3, -0.25) is 9.59 Å². The van der Waals surface area contributed by atoms with E-state index in [1.165, 1.54) is 51.4 Å². The van der Waals surface area contributed by atoms with Gasteiger partial charge in [0, 0.05) is 12.8 Å². The number of esters is 2. The van der Waals surface area contributed by atoms with Crippen molar-refractivity contribution in [1.29, 1.82) is 0 Å². The monoisotopic (exact) mass is 803 g/mol. The van der Waals surface area contributed by atoms with Gasteiger partial charge in [-0.15, -0.1) is 0 Å². The van der Waals surface area contributed by atoms with Crippen molar-refractivity contribution in [3.8, 4) is 0 Å². The Kier molecular flexibility index (Phi) is 45.1. The van der Waals surface area contributed by atoms with E-state index >= 15 is 0 Å². The maximum absolute atomic E-state index is 12.2. The number of carbonyl (C=O) groups is 2. The molecule has 0 aromatic carbocycles. The number of allylic oxidation sites excluding steroid dienone is 18. The summed E-state index contributed by atoms with van der Waals surface area (Å²) in [6, 6.07) is 0. The molecule has 1 atom stereocenters. The Morgan fingerprint density at radius 1 is 0.414 bits per heavy atom. The summed E-state index contributed by atoms with van der Waals surface area (Å²) in [5, 5.41) is 9.57. The SMILES string of the molecule is CC/C=C\C/C=C\C/C=C\C/C=C\C/C=C\C/C=C\C/C=C\C/C=C\C/C=C\CCCCCCCC(=O)OC(CO)COC(=O)CCCCCCCCCCCCC. The number of aliphatic hydroxyl groups is 1. The van der Waals surface area contributed by atoms with Gasteiger partial charge in [-0.2, -0.15) is 0 Å². The van der Waals surface area contributed by atoms with E-state index in [-0.39, 0.29) is 25.2 Å². The summed E-state index contributed by atoms with van der Waals surface area (Å²) in [5.41, 5.74) is 0.